The molecule has 78 valence electrons. The molecule has 3 nitrogen and oxygen atoms in total. The standard InChI is InChI=1S/C13H10N2O/c1-2-4-11(5-3-1)16-12-6-8-15-9-7-14-13(15)10-12/h1-10H. The van der Waals surface area contributed by atoms with Gasteiger partial charge in [0.15, 0.2) is 0 Å². The van der Waals surface area contributed by atoms with Gasteiger partial charge in [0, 0.05) is 24.7 Å². The molecule has 0 bridgehead atoms. The molecule has 3 rings (SSSR count). The summed E-state index contributed by atoms with van der Waals surface area (Å²) in [6, 6.07) is 13.5. The van der Waals surface area contributed by atoms with Crippen LogP contribution in [0.25, 0.3) is 5.65 Å². The molecule has 0 fully saturated rings. The van der Waals surface area contributed by atoms with Gasteiger partial charge in [0.2, 0.25) is 0 Å². The summed E-state index contributed by atoms with van der Waals surface area (Å²) in [5, 5.41) is 0. The van der Waals surface area contributed by atoms with E-state index >= 15 is 0 Å². The van der Waals surface area contributed by atoms with Gasteiger partial charge in [0.05, 0.1) is 0 Å². The van der Waals surface area contributed by atoms with Crippen LogP contribution in [-0.4, -0.2) is 9.38 Å². The van der Waals surface area contributed by atoms with Gasteiger partial charge in [-0.2, -0.15) is 0 Å². The molecule has 0 unspecified atom stereocenters. The summed E-state index contributed by atoms with van der Waals surface area (Å²) in [6.07, 6.45) is 5.60. The maximum absolute atomic E-state index is 5.70. The Bertz CT molecular complexity index is 601. The lowest BCUT2D eigenvalue weighted by molar-refractivity contribution is 0.482. The zero-order valence-corrected chi connectivity index (χ0v) is 8.58. The summed E-state index contributed by atoms with van der Waals surface area (Å²) in [6.45, 7) is 0. The summed E-state index contributed by atoms with van der Waals surface area (Å²) < 4.78 is 7.64. The third-order valence-corrected chi connectivity index (χ3v) is 2.35. The first-order valence-electron chi connectivity index (χ1n) is 5.07. The van der Waals surface area contributed by atoms with E-state index in [-0.39, 0.29) is 0 Å². The van der Waals surface area contributed by atoms with Crippen LogP contribution in [0.5, 0.6) is 11.5 Å². The Hall–Kier alpha value is -2.29. The molecule has 0 aliphatic carbocycles. The molecule has 0 aliphatic heterocycles. The van der Waals surface area contributed by atoms with Crippen LogP contribution in [0.2, 0.25) is 0 Å². The molecule has 0 radical (unpaired) electrons. The van der Waals surface area contributed by atoms with Crippen molar-refractivity contribution < 1.29 is 4.74 Å². The van der Waals surface area contributed by atoms with Gasteiger partial charge in [0.25, 0.3) is 0 Å². The fourth-order valence-corrected chi connectivity index (χ4v) is 1.58. The minimum Gasteiger partial charge on any atom is -0.457 e. The Morgan fingerprint density at radius 2 is 1.81 bits per heavy atom. The first-order chi connectivity index (χ1) is 7.92. The van der Waals surface area contributed by atoms with Crippen molar-refractivity contribution in [3.05, 3.63) is 61.1 Å². The zero-order chi connectivity index (χ0) is 10.8. The SMILES string of the molecule is c1ccc(Oc2ccn3ccnc3c2)cc1. The molecule has 0 atom stereocenters. The van der Waals surface area contributed by atoms with Crippen molar-refractivity contribution >= 4 is 5.65 Å². The quantitative estimate of drug-likeness (QED) is 0.649. The predicted octanol–water partition coefficient (Wildman–Crippen LogP) is 3.13. The summed E-state index contributed by atoms with van der Waals surface area (Å²) in [5.41, 5.74) is 0.883. The molecular formula is C13H10N2O. The molecular weight excluding hydrogens is 200 g/mol. The zero-order valence-electron chi connectivity index (χ0n) is 8.58. The van der Waals surface area contributed by atoms with Crippen LogP contribution >= 0.6 is 0 Å². The number of hydrogen-bond donors (Lipinski definition) is 0. The van der Waals surface area contributed by atoms with Gasteiger partial charge in [-0.05, 0) is 18.2 Å². The van der Waals surface area contributed by atoms with Crippen LogP contribution in [0.4, 0.5) is 0 Å². The molecule has 16 heavy (non-hydrogen) atoms. The second-order valence-corrected chi connectivity index (χ2v) is 3.47. The number of imidazole rings is 1. The molecule has 3 aromatic rings. The fraction of sp³-hybridized carbons (Fsp3) is 0. The van der Waals surface area contributed by atoms with Gasteiger partial charge < -0.3 is 9.14 Å². The third kappa shape index (κ3) is 1.63. The molecule has 3 heteroatoms. The van der Waals surface area contributed by atoms with Crippen molar-refractivity contribution in [3.8, 4) is 11.5 Å². The normalized spacial score (nSPS) is 10.5. The Balaban J connectivity index is 1.94. The number of rotatable bonds is 2. The summed E-state index contributed by atoms with van der Waals surface area (Å²) in [4.78, 5) is 4.20. The highest BCUT2D eigenvalue weighted by molar-refractivity contribution is 5.45. The van der Waals surface area contributed by atoms with Gasteiger partial charge >= 0.3 is 0 Å². The van der Waals surface area contributed by atoms with E-state index in [1.165, 1.54) is 0 Å². The maximum atomic E-state index is 5.70. The summed E-state index contributed by atoms with van der Waals surface area (Å²) >= 11 is 0. The topological polar surface area (TPSA) is 26.5 Å². The van der Waals surface area contributed by atoms with Gasteiger partial charge in [-0.3, -0.25) is 0 Å². The van der Waals surface area contributed by atoms with Crippen LogP contribution in [0, 0.1) is 0 Å². The molecule has 2 heterocycles. The van der Waals surface area contributed by atoms with E-state index in [4.69, 9.17) is 4.74 Å². The third-order valence-electron chi connectivity index (χ3n) is 2.35. The molecule has 0 amide bonds. The Morgan fingerprint density at radius 3 is 2.69 bits per heavy atom. The highest BCUT2D eigenvalue weighted by Crippen LogP contribution is 2.21. The Labute approximate surface area is 92.9 Å². The number of hydrogen-bond acceptors (Lipinski definition) is 2. The second-order valence-electron chi connectivity index (χ2n) is 3.47. The van der Waals surface area contributed by atoms with E-state index in [2.05, 4.69) is 4.98 Å². The van der Waals surface area contributed by atoms with E-state index in [0.717, 1.165) is 17.1 Å². The summed E-state index contributed by atoms with van der Waals surface area (Å²) in [5.74, 6) is 1.63. The van der Waals surface area contributed by atoms with Crippen LogP contribution in [0.1, 0.15) is 0 Å². The minimum atomic E-state index is 0.796. The maximum Gasteiger partial charge on any atom is 0.140 e. The van der Waals surface area contributed by atoms with E-state index in [1.54, 1.807) is 6.20 Å². The van der Waals surface area contributed by atoms with Gasteiger partial charge in [-0.25, -0.2) is 4.98 Å². The lowest BCUT2D eigenvalue weighted by atomic mass is 10.3. The number of ether oxygens (including phenoxy) is 1. The molecule has 2 aromatic heterocycles. The van der Waals surface area contributed by atoms with E-state index in [9.17, 15) is 0 Å². The average Bonchev–Trinajstić information content (AvgIpc) is 2.77. The Kier molecular flexibility index (Phi) is 2.07. The van der Waals surface area contributed by atoms with Crippen molar-refractivity contribution in [1.29, 1.82) is 0 Å². The number of fused-ring (bicyclic) bond motifs is 1. The second kappa shape index (κ2) is 3.70. The van der Waals surface area contributed by atoms with Gasteiger partial charge in [-0.15, -0.1) is 0 Å². The van der Waals surface area contributed by atoms with Crippen molar-refractivity contribution in [1.82, 2.24) is 9.38 Å². The van der Waals surface area contributed by atoms with E-state index in [0.29, 0.717) is 0 Å². The van der Waals surface area contributed by atoms with E-state index < -0.39 is 0 Å². The lowest BCUT2D eigenvalue weighted by Gasteiger charge is -2.05. The van der Waals surface area contributed by atoms with Crippen molar-refractivity contribution in [2.24, 2.45) is 0 Å². The van der Waals surface area contributed by atoms with Crippen molar-refractivity contribution in [3.63, 3.8) is 0 Å². The first-order valence-corrected chi connectivity index (χ1v) is 5.07. The fourth-order valence-electron chi connectivity index (χ4n) is 1.58. The van der Waals surface area contributed by atoms with Crippen LogP contribution in [-0.2, 0) is 0 Å². The minimum absolute atomic E-state index is 0.796. The molecule has 0 saturated heterocycles. The highest BCUT2D eigenvalue weighted by Gasteiger charge is 1.98. The predicted molar refractivity (Wildman–Crippen MR) is 61.7 cm³/mol. The number of aromatic nitrogens is 2. The monoisotopic (exact) mass is 210 g/mol. The lowest BCUT2D eigenvalue weighted by Crippen LogP contribution is -1.87. The molecule has 1 aromatic carbocycles. The van der Waals surface area contributed by atoms with Crippen LogP contribution in [0.3, 0.4) is 0 Å². The molecule has 0 saturated carbocycles. The molecule has 0 aliphatic rings. The summed E-state index contributed by atoms with van der Waals surface area (Å²) in [7, 11) is 0. The smallest absolute Gasteiger partial charge is 0.140 e. The molecule has 0 N–H and O–H groups in total. The number of nitrogens with zero attached hydrogens (tertiary/aromatic N) is 2. The average molecular weight is 210 g/mol. The van der Waals surface area contributed by atoms with Crippen LogP contribution < -0.4 is 4.74 Å². The highest BCUT2D eigenvalue weighted by atomic mass is 16.5. The Morgan fingerprint density at radius 1 is 0.938 bits per heavy atom. The van der Waals surface area contributed by atoms with Gasteiger partial charge in [-0.1, -0.05) is 18.2 Å². The number of pyridine rings is 1. The van der Waals surface area contributed by atoms with Crippen molar-refractivity contribution in [2.45, 2.75) is 0 Å². The van der Waals surface area contributed by atoms with Gasteiger partial charge in [0.1, 0.15) is 17.1 Å². The first kappa shape index (κ1) is 8.97. The largest absolute Gasteiger partial charge is 0.457 e. The number of para-hydroxylation sites is 1. The van der Waals surface area contributed by atoms with E-state index in [1.807, 2.05) is 59.3 Å². The van der Waals surface area contributed by atoms with Crippen molar-refractivity contribution in [2.75, 3.05) is 0 Å². The number of benzene rings is 1. The molecule has 0 spiro atoms. The van der Waals surface area contributed by atoms with Crippen LogP contribution in [0.15, 0.2) is 61.1 Å².